The Morgan fingerprint density at radius 1 is 1.64 bits per heavy atom. The molecule has 14 heavy (non-hydrogen) atoms. The predicted molar refractivity (Wildman–Crippen MR) is 62.5 cm³/mol. The molecule has 2 heterocycles. The lowest BCUT2D eigenvalue weighted by Gasteiger charge is -2.12. The van der Waals surface area contributed by atoms with Crippen LogP contribution >= 0.6 is 27.3 Å². The zero-order chi connectivity index (χ0) is 10.1. The average molecular weight is 276 g/mol. The average Bonchev–Trinajstić information content (AvgIpc) is 2.62. The summed E-state index contributed by atoms with van der Waals surface area (Å²) in [5.74, 6) is 0.415. The number of β-amino-alcohol motifs (C(OH)–C–C–N with tert-alkyl or cyclic N) is 1. The molecule has 0 spiro atoms. The van der Waals surface area contributed by atoms with Gasteiger partial charge < -0.3 is 5.11 Å². The third-order valence-corrected chi connectivity index (χ3v) is 4.33. The van der Waals surface area contributed by atoms with Gasteiger partial charge in [0.2, 0.25) is 0 Å². The Morgan fingerprint density at radius 3 is 2.93 bits per heavy atom. The standard InChI is InChI=1S/C10H14BrNOS/c1-7-3-12(5-10(7)13)4-9-2-8(11)6-14-9/h2,6-7,10,13H,3-5H2,1H3. The summed E-state index contributed by atoms with van der Waals surface area (Å²) in [6, 6.07) is 2.15. The van der Waals surface area contributed by atoms with Crippen LogP contribution in [0.4, 0.5) is 0 Å². The van der Waals surface area contributed by atoms with Crippen molar-refractivity contribution in [3.8, 4) is 0 Å². The molecule has 2 nitrogen and oxygen atoms in total. The van der Waals surface area contributed by atoms with E-state index in [0.29, 0.717) is 5.92 Å². The Balaban J connectivity index is 1.93. The number of aliphatic hydroxyl groups is 1. The molecule has 0 bridgehead atoms. The van der Waals surface area contributed by atoms with Crippen LogP contribution in [0.3, 0.4) is 0 Å². The van der Waals surface area contributed by atoms with Crippen LogP contribution in [0.15, 0.2) is 15.9 Å². The van der Waals surface area contributed by atoms with Gasteiger partial charge in [-0.05, 0) is 27.9 Å². The molecule has 2 unspecified atom stereocenters. The highest BCUT2D eigenvalue weighted by molar-refractivity contribution is 9.10. The summed E-state index contributed by atoms with van der Waals surface area (Å²) >= 11 is 5.22. The lowest BCUT2D eigenvalue weighted by Crippen LogP contribution is -2.20. The van der Waals surface area contributed by atoms with Gasteiger partial charge in [0, 0.05) is 34.4 Å². The minimum absolute atomic E-state index is 0.140. The molecule has 1 fully saturated rings. The zero-order valence-electron chi connectivity index (χ0n) is 8.11. The molecular weight excluding hydrogens is 262 g/mol. The normalized spacial score (nSPS) is 28.5. The first-order valence-corrected chi connectivity index (χ1v) is 6.46. The van der Waals surface area contributed by atoms with Gasteiger partial charge in [-0.25, -0.2) is 0 Å². The number of nitrogens with zero attached hydrogens (tertiary/aromatic N) is 1. The van der Waals surface area contributed by atoms with E-state index in [2.05, 4.69) is 39.2 Å². The molecule has 4 heteroatoms. The molecule has 0 amide bonds. The quantitative estimate of drug-likeness (QED) is 0.896. The van der Waals surface area contributed by atoms with Gasteiger partial charge in [-0.1, -0.05) is 6.92 Å². The van der Waals surface area contributed by atoms with E-state index in [9.17, 15) is 5.11 Å². The second-order valence-corrected chi connectivity index (χ2v) is 5.88. The Labute approximate surface area is 96.7 Å². The number of rotatable bonds is 2. The van der Waals surface area contributed by atoms with Crippen molar-refractivity contribution in [3.05, 3.63) is 20.8 Å². The molecular formula is C10H14BrNOS. The van der Waals surface area contributed by atoms with E-state index >= 15 is 0 Å². The molecule has 1 aliphatic rings. The molecule has 1 aromatic heterocycles. The van der Waals surface area contributed by atoms with Gasteiger partial charge in [-0.2, -0.15) is 0 Å². The van der Waals surface area contributed by atoms with Crippen LogP contribution in [0.1, 0.15) is 11.8 Å². The topological polar surface area (TPSA) is 23.5 Å². The fraction of sp³-hybridized carbons (Fsp3) is 0.600. The fourth-order valence-corrected chi connectivity index (χ4v) is 3.33. The van der Waals surface area contributed by atoms with E-state index < -0.39 is 0 Å². The first-order chi connectivity index (χ1) is 6.65. The summed E-state index contributed by atoms with van der Waals surface area (Å²) in [5.41, 5.74) is 0. The maximum absolute atomic E-state index is 9.60. The first kappa shape index (κ1) is 10.6. The maximum Gasteiger partial charge on any atom is 0.0704 e. The van der Waals surface area contributed by atoms with Gasteiger partial charge in [-0.3, -0.25) is 4.90 Å². The molecule has 1 aromatic rings. The second-order valence-electron chi connectivity index (χ2n) is 3.97. The highest BCUT2D eigenvalue weighted by Gasteiger charge is 2.27. The summed E-state index contributed by atoms with van der Waals surface area (Å²) in [6.07, 6.45) is -0.140. The van der Waals surface area contributed by atoms with Crippen LogP contribution < -0.4 is 0 Å². The van der Waals surface area contributed by atoms with Crippen LogP contribution in [0, 0.1) is 5.92 Å². The van der Waals surface area contributed by atoms with Gasteiger partial charge in [0.1, 0.15) is 0 Å². The third-order valence-electron chi connectivity index (χ3n) is 2.65. The van der Waals surface area contributed by atoms with Crippen molar-refractivity contribution >= 4 is 27.3 Å². The third kappa shape index (κ3) is 2.37. The lowest BCUT2D eigenvalue weighted by atomic mass is 10.1. The van der Waals surface area contributed by atoms with Gasteiger partial charge >= 0.3 is 0 Å². The Morgan fingerprint density at radius 2 is 2.43 bits per heavy atom. The molecule has 0 aromatic carbocycles. The molecule has 1 saturated heterocycles. The van der Waals surface area contributed by atoms with E-state index in [-0.39, 0.29) is 6.10 Å². The van der Waals surface area contributed by atoms with E-state index in [1.165, 1.54) is 4.88 Å². The Hall–Kier alpha value is 0.1000. The molecule has 0 aliphatic carbocycles. The smallest absolute Gasteiger partial charge is 0.0704 e. The highest BCUT2D eigenvalue weighted by atomic mass is 79.9. The van der Waals surface area contributed by atoms with Crippen molar-refractivity contribution in [2.45, 2.75) is 19.6 Å². The van der Waals surface area contributed by atoms with Gasteiger partial charge in [-0.15, -0.1) is 11.3 Å². The van der Waals surface area contributed by atoms with Crippen molar-refractivity contribution in [2.24, 2.45) is 5.92 Å². The Kier molecular flexibility index (Phi) is 3.27. The summed E-state index contributed by atoms with van der Waals surface area (Å²) in [5, 5.41) is 11.7. The summed E-state index contributed by atoms with van der Waals surface area (Å²) < 4.78 is 1.16. The summed E-state index contributed by atoms with van der Waals surface area (Å²) in [4.78, 5) is 3.67. The lowest BCUT2D eigenvalue weighted by molar-refractivity contribution is 0.148. The number of hydrogen-bond donors (Lipinski definition) is 1. The van der Waals surface area contributed by atoms with Crippen molar-refractivity contribution in [1.29, 1.82) is 0 Å². The molecule has 1 N–H and O–H groups in total. The second kappa shape index (κ2) is 4.31. The van der Waals surface area contributed by atoms with Crippen molar-refractivity contribution in [3.63, 3.8) is 0 Å². The number of aliphatic hydroxyl groups excluding tert-OH is 1. The van der Waals surface area contributed by atoms with Gasteiger partial charge in [0.15, 0.2) is 0 Å². The van der Waals surface area contributed by atoms with Crippen LogP contribution in [0.2, 0.25) is 0 Å². The molecule has 2 atom stereocenters. The Bertz CT molecular complexity index is 305. The molecule has 0 radical (unpaired) electrons. The molecule has 1 aliphatic heterocycles. The number of thiophene rings is 1. The van der Waals surface area contributed by atoms with Crippen LogP contribution in [0.5, 0.6) is 0 Å². The number of halogens is 1. The minimum atomic E-state index is -0.140. The predicted octanol–water partition coefficient (Wildman–Crippen LogP) is 2.32. The minimum Gasteiger partial charge on any atom is -0.391 e. The first-order valence-electron chi connectivity index (χ1n) is 4.78. The van der Waals surface area contributed by atoms with E-state index in [4.69, 9.17) is 0 Å². The zero-order valence-corrected chi connectivity index (χ0v) is 10.5. The summed E-state index contributed by atoms with van der Waals surface area (Å²) in [7, 11) is 0. The molecule has 0 saturated carbocycles. The van der Waals surface area contributed by atoms with E-state index in [0.717, 1.165) is 24.1 Å². The van der Waals surface area contributed by atoms with Crippen LogP contribution in [-0.4, -0.2) is 29.2 Å². The number of hydrogen-bond acceptors (Lipinski definition) is 3. The van der Waals surface area contributed by atoms with Crippen molar-refractivity contribution in [2.75, 3.05) is 13.1 Å². The van der Waals surface area contributed by atoms with E-state index in [1.54, 1.807) is 11.3 Å². The molecule has 2 rings (SSSR count). The SMILES string of the molecule is CC1CN(Cc2cc(Br)cs2)CC1O. The van der Waals surface area contributed by atoms with Gasteiger partial charge in [0.05, 0.1) is 6.10 Å². The fourth-order valence-electron chi connectivity index (χ4n) is 1.83. The van der Waals surface area contributed by atoms with E-state index in [1.807, 2.05) is 0 Å². The molecule has 78 valence electrons. The van der Waals surface area contributed by atoms with Crippen LogP contribution in [-0.2, 0) is 6.54 Å². The van der Waals surface area contributed by atoms with Gasteiger partial charge in [0.25, 0.3) is 0 Å². The monoisotopic (exact) mass is 275 g/mol. The van der Waals surface area contributed by atoms with Crippen molar-refractivity contribution < 1.29 is 5.11 Å². The largest absolute Gasteiger partial charge is 0.391 e. The highest BCUT2D eigenvalue weighted by Crippen LogP contribution is 2.24. The maximum atomic E-state index is 9.60. The summed E-state index contributed by atoms with van der Waals surface area (Å²) in [6.45, 7) is 4.90. The van der Waals surface area contributed by atoms with Crippen molar-refractivity contribution in [1.82, 2.24) is 4.90 Å². The number of likely N-dealkylation sites (tertiary alicyclic amines) is 1. The van der Waals surface area contributed by atoms with Crippen LogP contribution in [0.25, 0.3) is 0 Å².